The molecule has 28 heavy (non-hydrogen) atoms. The van der Waals surface area contributed by atoms with Gasteiger partial charge in [0.2, 0.25) is 11.8 Å². The van der Waals surface area contributed by atoms with Gasteiger partial charge in [0.15, 0.2) is 0 Å². The summed E-state index contributed by atoms with van der Waals surface area (Å²) in [7, 11) is 0. The number of thioether (sulfide) groups is 1. The molecule has 1 aromatic carbocycles. The summed E-state index contributed by atoms with van der Waals surface area (Å²) in [5.74, 6) is 3.02. The van der Waals surface area contributed by atoms with Crippen LogP contribution in [0, 0.1) is 6.92 Å². The molecule has 1 aliphatic rings. The zero-order chi connectivity index (χ0) is 19.6. The van der Waals surface area contributed by atoms with E-state index in [0.717, 1.165) is 24.7 Å². The van der Waals surface area contributed by atoms with Gasteiger partial charge in [-0.15, -0.1) is 11.8 Å². The molecular formula is C21H28N4O2S. The van der Waals surface area contributed by atoms with Crippen molar-refractivity contribution in [2.24, 2.45) is 0 Å². The third-order valence-electron chi connectivity index (χ3n) is 4.50. The average molecular weight is 401 g/mol. The lowest BCUT2D eigenvalue weighted by atomic mass is 10.1. The van der Waals surface area contributed by atoms with Crippen molar-refractivity contribution < 1.29 is 9.53 Å². The number of carbonyl (C=O) groups excluding carboxylic acids is 1. The van der Waals surface area contributed by atoms with E-state index in [4.69, 9.17) is 4.74 Å². The molecule has 1 aromatic heterocycles. The van der Waals surface area contributed by atoms with Crippen molar-refractivity contribution in [1.29, 1.82) is 0 Å². The second-order valence-corrected chi connectivity index (χ2v) is 7.94. The molecule has 7 heteroatoms. The Hall–Kier alpha value is -2.28. The third kappa shape index (κ3) is 6.71. The lowest BCUT2D eigenvalue weighted by molar-refractivity contribution is -0.120. The first-order valence-electron chi connectivity index (χ1n) is 9.89. The molecule has 6 nitrogen and oxygen atoms in total. The van der Waals surface area contributed by atoms with E-state index < -0.39 is 0 Å². The highest BCUT2D eigenvalue weighted by Gasteiger charge is 2.14. The molecule has 0 radical (unpaired) electrons. The molecule has 3 rings (SSSR count). The average Bonchev–Trinajstić information content (AvgIpc) is 2.72. The molecule has 0 atom stereocenters. The number of piperidine rings is 1. The van der Waals surface area contributed by atoms with Gasteiger partial charge < -0.3 is 15.0 Å². The van der Waals surface area contributed by atoms with Crippen LogP contribution in [0.5, 0.6) is 5.88 Å². The number of hydrogen-bond acceptors (Lipinski definition) is 6. The van der Waals surface area contributed by atoms with E-state index in [1.807, 2.05) is 31.2 Å². The van der Waals surface area contributed by atoms with Crippen molar-refractivity contribution >= 4 is 23.5 Å². The Labute approximate surface area is 171 Å². The minimum Gasteiger partial charge on any atom is -0.476 e. The normalized spacial score (nSPS) is 14.0. The number of amides is 1. The Morgan fingerprint density at radius 2 is 1.96 bits per heavy atom. The van der Waals surface area contributed by atoms with E-state index in [2.05, 4.69) is 32.3 Å². The van der Waals surface area contributed by atoms with Crippen LogP contribution in [-0.2, 0) is 4.79 Å². The minimum atomic E-state index is 0.0416. The molecule has 1 fully saturated rings. The summed E-state index contributed by atoms with van der Waals surface area (Å²) in [5, 5.41) is 2.90. The quantitative estimate of drug-likeness (QED) is 0.514. The highest BCUT2D eigenvalue weighted by atomic mass is 32.2. The maximum absolute atomic E-state index is 11.9. The van der Waals surface area contributed by atoms with Crippen molar-refractivity contribution in [3.05, 3.63) is 42.2 Å². The third-order valence-corrected chi connectivity index (χ3v) is 5.51. The highest BCUT2D eigenvalue weighted by molar-refractivity contribution is 7.99. The standard InChI is InChI=1S/C21H28N4O2S/c1-17-23-19(25-12-6-3-7-13-25)16-21(24-17)27-14-11-22-20(26)10-15-28-18-8-4-2-5-9-18/h2,4-5,8-9,16H,3,6-7,10-15H2,1H3,(H,22,26). The summed E-state index contributed by atoms with van der Waals surface area (Å²) in [6, 6.07) is 12.0. The number of aryl methyl sites for hydroxylation is 1. The molecule has 2 heterocycles. The summed E-state index contributed by atoms with van der Waals surface area (Å²) in [5.41, 5.74) is 0. The lowest BCUT2D eigenvalue weighted by Crippen LogP contribution is -2.30. The molecule has 1 N–H and O–H groups in total. The summed E-state index contributed by atoms with van der Waals surface area (Å²) in [6.07, 6.45) is 4.18. The van der Waals surface area contributed by atoms with E-state index in [1.165, 1.54) is 24.2 Å². The predicted molar refractivity (Wildman–Crippen MR) is 113 cm³/mol. The van der Waals surface area contributed by atoms with Gasteiger partial charge in [-0.1, -0.05) is 18.2 Å². The van der Waals surface area contributed by atoms with Gasteiger partial charge in [-0.25, -0.2) is 4.98 Å². The molecule has 1 aliphatic heterocycles. The lowest BCUT2D eigenvalue weighted by Gasteiger charge is -2.28. The first kappa shape index (κ1) is 20.5. The number of nitrogens with zero attached hydrogens (tertiary/aromatic N) is 3. The van der Waals surface area contributed by atoms with E-state index >= 15 is 0 Å². The number of anilines is 1. The number of benzene rings is 1. The highest BCUT2D eigenvalue weighted by Crippen LogP contribution is 2.21. The fraction of sp³-hybridized carbons (Fsp3) is 0.476. The fourth-order valence-corrected chi connectivity index (χ4v) is 3.97. The van der Waals surface area contributed by atoms with Crippen LogP contribution in [0.25, 0.3) is 0 Å². The van der Waals surface area contributed by atoms with Crippen LogP contribution in [0.15, 0.2) is 41.3 Å². The Morgan fingerprint density at radius 1 is 1.18 bits per heavy atom. The topological polar surface area (TPSA) is 67.3 Å². The van der Waals surface area contributed by atoms with Gasteiger partial charge in [0.25, 0.3) is 0 Å². The van der Waals surface area contributed by atoms with Gasteiger partial charge in [0.05, 0.1) is 6.54 Å². The van der Waals surface area contributed by atoms with Crippen LogP contribution in [0.3, 0.4) is 0 Å². The number of carbonyl (C=O) groups is 1. The Morgan fingerprint density at radius 3 is 2.75 bits per heavy atom. The van der Waals surface area contributed by atoms with Crippen LogP contribution < -0.4 is 15.0 Å². The van der Waals surface area contributed by atoms with Crippen molar-refractivity contribution in [3.8, 4) is 5.88 Å². The number of nitrogens with one attached hydrogen (secondary N) is 1. The number of aromatic nitrogens is 2. The van der Waals surface area contributed by atoms with E-state index in [0.29, 0.717) is 31.3 Å². The molecule has 0 bridgehead atoms. The van der Waals surface area contributed by atoms with Gasteiger partial charge in [0, 0.05) is 36.2 Å². The number of rotatable bonds is 9. The van der Waals surface area contributed by atoms with Crippen LogP contribution in [0.1, 0.15) is 31.5 Å². The van der Waals surface area contributed by atoms with E-state index in [-0.39, 0.29) is 5.91 Å². The van der Waals surface area contributed by atoms with Crippen LogP contribution >= 0.6 is 11.8 Å². The molecular weight excluding hydrogens is 372 g/mol. The van der Waals surface area contributed by atoms with Gasteiger partial charge in [-0.05, 0) is 38.3 Å². The molecule has 1 saturated heterocycles. The first-order valence-corrected chi connectivity index (χ1v) is 10.9. The summed E-state index contributed by atoms with van der Waals surface area (Å²) < 4.78 is 5.74. The minimum absolute atomic E-state index is 0.0416. The largest absolute Gasteiger partial charge is 0.476 e. The van der Waals surface area contributed by atoms with Gasteiger partial charge in [-0.3, -0.25) is 4.79 Å². The SMILES string of the molecule is Cc1nc(OCCNC(=O)CCSc2ccccc2)cc(N2CCCCC2)n1. The summed E-state index contributed by atoms with van der Waals surface area (Å²) >= 11 is 1.69. The summed E-state index contributed by atoms with van der Waals surface area (Å²) in [4.78, 5) is 24.3. The molecule has 0 saturated carbocycles. The molecule has 150 valence electrons. The van der Waals surface area contributed by atoms with E-state index in [1.54, 1.807) is 11.8 Å². The number of hydrogen-bond donors (Lipinski definition) is 1. The van der Waals surface area contributed by atoms with Crippen molar-refractivity contribution in [1.82, 2.24) is 15.3 Å². The Bertz CT molecular complexity index is 751. The van der Waals surface area contributed by atoms with Crippen LogP contribution in [0.4, 0.5) is 5.82 Å². The van der Waals surface area contributed by atoms with Gasteiger partial charge in [0.1, 0.15) is 18.2 Å². The molecule has 0 aliphatic carbocycles. The molecule has 0 spiro atoms. The molecule has 1 amide bonds. The fourth-order valence-electron chi connectivity index (χ4n) is 3.10. The van der Waals surface area contributed by atoms with E-state index in [9.17, 15) is 4.79 Å². The smallest absolute Gasteiger partial charge is 0.220 e. The molecule has 2 aromatic rings. The van der Waals surface area contributed by atoms with Crippen molar-refractivity contribution in [3.63, 3.8) is 0 Å². The molecule has 0 unspecified atom stereocenters. The summed E-state index contributed by atoms with van der Waals surface area (Å²) in [6.45, 7) is 4.82. The first-order chi connectivity index (χ1) is 13.7. The van der Waals surface area contributed by atoms with Crippen LogP contribution in [-0.4, -0.2) is 47.9 Å². The Balaban J connectivity index is 1.36. The maximum atomic E-state index is 11.9. The van der Waals surface area contributed by atoms with Crippen LogP contribution in [0.2, 0.25) is 0 Å². The second kappa shape index (κ2) is 10.9. The monoisotopic (exact) mass is 400 g/mol. The van der Waals surface area contributed by atoms with Crippen molar-refractivity contribution in [2.75, 3.05) is 36.9 Å². The second-order valence-electron chi connectivity index (χ2n) is 6.77. The predicted octanol–water partition coefficient (Wildman–Crippen LogP) is 3.45. The zero-order valence-electron chi connectivity index (χ0n) is 16.4. The maximum Gasteiger partial charge on any atom is 0.220 e. The van der Waals surface area contributed by atoms with Gasteiger partial charge >= 0.3 is 0 Å². The zero-order valence-corrected chi connectivity index (χ0v) is 17.2. The Kier molecular flexibility index (Phi) is 7.96. The number of ether oxygens (including phenoxy) is 1. The van der Waals surface area contributed by atoms with Crippen molar-refractivity contribution in [2.45, 2.75) is 37.5 Å². The van der Waals surface area contributed by atoms with Gasteiger partial charge in [-0.2, -0.15) is 4.98 Å².